The SMILES string of the molecule is CCCNC(=O)C(C)OC(=O)c1nc(C)n(-c2ccc(F)cc2)n1. The Kier molecular flexibility index (Phi) is 5.62. The quantitative estimate of drug-likeness (QED) is 0.814. The van der Waals surface area contributed by atoms with Crippen LogP contribution in [0.15, 0.2) is 24.3 Å². The number of benzene rings is 1. The summed E-state index contributed by atoms with van der Waals surface area (Å²) >= 11 is 0. The van der Waals surface area contributed by atoms with E-state index in [1.165, 1.54) is 35.9 Å². The average molecular weight is 334 g/mol. The first kappa shape index (κ1) is 17.6. The molecule has 8 heteroatoms. The van der Waals surface area contributed by atoms with Crippen LogP contribution in [0.5, 0.6) is 0 Å². The fraction of sp³-hybridized carbons (Fsp3) is 0.375. The number of aryl methyl sites for hydroxylation is 1. The highest BCUT2D eigenvalue weighted by molar-refractivity contribution is 5.89. The fourth-order valence-electron chi connectivity index (χ4n) is 1.96. The third kappa shape index (κ3) is 4.15. The summed E-state index contributed by atoms with van der Waals surface area (Å²) in [4.78, 5) is 27.8. The van der Waals surface area contributed by atoms with Gasteiger partial charge in [0.25, 0.3) is 11.7 Å². The molecule has 1 heterocycles. The molecule has 0 saturated heterocycles. The molecule has 128 valence electrons. The minimum atomic E-state index is -0.942. The molecule has 0 saturated carbocycles. The zero-order valence-corrected chi connectivity index (χ0v) is 13.7. The molecule has 0 bridgehead atoms. The molecule has 0 aliphatic rings. The zero-order valence-electron chi connectivity index (χ0n) is 13.7. The number of ether oxygens (including phenoxy) is 1. The topological polar surface area (TPSA) is 86.1 Å². The molecule has 7 nitrogen and oxygen atoms in total. The Morgan fingerprint density at radius 2 is 2.00 bits per heavy atom. The summed E-state index contributed by atoms with van der Waals surface area (Å²) in [6.45, 7) is 5.57. The lowest BCUT2D eigenvalue weighted by Gasteiger charge is -2.11. The van der Waals surface area contributed by atoms with Crippen molar-refractivity contribution in [2.24, 2.45) is 0 Å². The third-order valence-electron chi connectivity index (χ3n) is 3.22. The Bertz CT molecular complexity index is 727. The minimum Gasteiger partial charge on any atom is -0.447 e. The Morgan fingerprint density at radius 1 is 1.33 bits per heavy atom. The number of carbonyl (C=O) groups is 2. The lowest BCUT2D eigenvalue weighted by atomic mass is 10.3. The largest absolute Gasteiger partial charge is 0.447 e. The lowest BCUT2D eigenvalue weighted by Crippen LogP contribution is -2.36. The van der Waals surface area contributed by atoms with Crippen molar-refractivity contribution in [3.05, 3.63) is 41.7 Å². The molecule has 0 fully saturated rings. The van der Waals surface area contributed by atoms with Gasteiger partial charge in [0.15, 0.2) is 6.10 Å². The maximum atomic E-state index is 13.0. The number of esters is 1. The van der Waals surface area contributed by atoms with Crippen LogP contribution in [-0.4, -0.2) is 39.3 Å². The Balaban J connectivity index is 2.10. The van der Waals surface area contributed by atoms with E-state index in [4.69, 9.17) is 4.74 Å². The standard InChI is InChI=1S/C16H19FN4O3/c1-4-9-18-15(22)10(2)24-16(23)14-19-11(3)21(20-14)13-7-5-12(17)6-8-13/h5-8,10H,4,9H2,1-3H3,(H,18,22). The summed E-state index contributed by atoms with van der Waals surface area (Å²) in [6.07, 6.45) is -0.156. The van der Waals surface area contributed by atoms with Crippen LogP contribution >= 0.6 is 0 Å². The van der Waals surface area contributed by atoms with Gasteiger partial charge in [-0.15, -0.1) is 5.10 Å². The van der Waals surface area contributed by atoms with Crippen molar-refractivity contribution >= 4 is 11.9 Å². The summed E-state index contributed by atoms with van der Waals surface area (Å²) in [7, 11) is 0. The monoisotopic (exact) mass is 334 g/mol. The van der Waals surface area contributed by atoms with Crippen molar-refractivity contribution in [3.8, 4) is 5.69 Å². The van der Waals surface area contributed by atoms with Crippen molar-refractivity contribution in [2.45, 2.75) is 33.3 Å². The smallest absolute Gasteiger partial charge is 0.379 e. The fourth-order valence-corrected chi connectivity index (χ4v) is 1.96. The van der Waals surface area contributed by atoms with Gasteiger partial charge in [0.05, 0.1) is 5.69 Å². The number of nitrogens with one attached hydrogen (secondary N) is 1. The van der Waals surface area contributed by atoms with Gasteiger partial charge in [-0.1, -0.05) is 6.92 Å². The Hall–Kier alpha value is -2.77. The molecule has 1 aromatic heterocycles. The van der Waals surface area contributed by atoms with Crippen LogP contribution in [0.2, 0.25) is 0 Å². The maximum Gasteiger partial charge on any atom is 0.379 e. The minimum absolute atomic E-state index is 0.160. The van der Waals surface area contributed by atoms with Crippen molar-refractivity contribution in [2.75, 3.05) is 6.54 Å². The van der Waals surface area contributed by atoms with E-state index >= 15 is 0 Å². The molecule has 0 radical (unpaired) electrons. The van der Waals surface area contributed by atoms with Gasteiger partial charge in [0.1, 0.15) is 11.6 Å². The molecule has 2 aromatic rings. The second-order valence-corrected chi connectivity index (χ2v) is 5.21. The van der Waals surface area contributed by atoms with E-state index < -0.39 is 12.1 Å². The first-order valence-electron chi connectivity index (χ1n) is 7.60. The van der Waals surface area contributed by atoms with Crippen molar-refractivity contribution < 1.29 is 18.7 Å². The molecule has 1 unspecified atom stereocenters. The third-order valence-corrected chi connectivity index (χ3v) is 3.22. The Morgan fingerprint density at radius 3 is 2.62 bits per heavy atom. The number of hydrogen-bond acceptors (Lipinski definition) is 5. The number of amides is 1. The number of rotatable bonds is 6. The Labute approximate surface area is 138 Å². The van der Waals surface area contributed by atoms with E-state index in [1.54, 1.807) is 6.92 Å². The van der Waals surface area contributed by atoms with Crippen molar-refractivity contribution in [1.29, 1.82) is 0 Å². The molecule has 0 spiro atoms. The van der Waals surface area contributed by atoms with Crippen molar-refractivity contribution in [1.82, 2.24) is 20.1 Å². The molecular formula is C16H19FN4O3. The van der Waals surface area contributed by atoms with Crippen LogP contribution in [-0.2, 0) is 9.53 Å². The summed E-state index contributed by atoms with van der Waals surface area (Å²) < 4.78 is 19.5. The highest BCUT2D eigenvalue weighted by Crippen LogP contribution is 2.11. The van der Waals surface area contributed by atoms with Crippen LogP contribution < -0.4 is 5.32 Å². The molecule has 0 aliphatic carbocycles. The number of aromatic nitrogens is 3. The first-order chi connectivity index (χ1) is 11.4. The predicted molar refractivity (Wildman–Crippen MR) is 84.2 cm³/mol. The van der Waals surface area contributed by atoms with Crippen LogP contribution in [0, 0.1) is 12.7 Å². The molecule has 2 rings (SSSR count). The molecule has 1 aromatic carbocycles. The highest BCUT2D eigenvalue weighted by Gasteiger charge is 2.22. The highest BCUT2D eigenvalue weighted by atomic mass is 19.1. The van der Waals surface area contributed by atoms with Gasteiger partial charge in [0.2, 0.25) is 0 Å². The van der Waals surface area contributed by atoms with Gasteiger partial charge in [-0.25, -0.2) is 18.9 Å². The van der Waals surface area contributed by atoms with E-state index in [1.807, 2.05) is 6.92 Å². The van der Waals surface area contributed by atoms with Gasteiger partial charge >= 0.3 is 5.97 Å². The van der Waals surface area contributed by atoms with E-state index in [0.717, 1.165) is 6.42 Å². The van der Waals surface area contributed by atoms with Gasteiger partial charge in [0, 0.05) is 6.54 Å². The molecule has 24 heavy (non-hydrogen) atoms. The molecule has 1 N–H and O–H groups in total. The number of nitrogens with zero attached hydrogens (tertiary/aromatic N) is 3. The molecule has 0 aliphatic heterocycles. The van der Waals surface area contributed by atoms with Crippen LogP contribution in [0.3, 0.4) is 0 Å². The predicted octanol–water partition coefficient (Wildman–Crippen LogP) is 1.79. The van der Waals surface area contributed by atoms with Crippen LogP contribution in [0.4, 0.5) is 4.39 Å². The maximum absolute atomic E-state index is 13.0. The second kappa shape index (κ2) is 7.67. The van der Waals surface area contributed by atoms with E-state index in [2.05, 4.69) is 15.4 Å². The van der Waals surface area contributed by atoms with E-state index in [-0.39, 0.29) is 17.5 Å². The van der Waals surface area contributed by atoms with E-state index in [0.29, 0.717) is 18.1 Å². The van der Waals surface area contributed by atoms with E-state index in [9.17, 15) is 14.0 Å². The normalized spacial score (nSPS) is 11.8. The average Bonchev–Trinajstić information content (AvgIpc) is 2.95. The van der Waals surface area contributed by atoms with Gasteiger partial charge in [-0.2, -0.15) is 0 Å². The van der Waals surface area contributed by atoms with Gasteiger partial charge < -0.3 is 10.1 Å². The van der Waals surface area contributed by atoms with Crippen LogP contribution in [0.25, 0.3) is 5.69 Å². The summed E-state index contributed by atoms with van der Waals surface area (Å²) in [5, 5.41) is 6.70. The number of hydrogen-bond donors (Lipinski definition) is 1. The molecule has 1 amide bonds. The second-order valence-electron chi connectivity index (χ2n) is 5.21. The summed E-state index contributed by atoms with van der Waals surface area (Å²) in [6, 6.07) is 5.61. The van der Waals surface area contributed by atoms with Gasteiger partial charge in [-0.3, -0.25) is 4.79 Å². The number of carbonyl (C=O) groups excluding carboxylic acids is 2. The first-order valence-corrected chi connectivity index (χ1v) is 7.60. The number of halogens is 1. The zero-order chi connectivity index (χ0) is 17.7. The van der Waals surface area contributed by atoms with Crippen LogP contribution in [0.1, 0.15) is 36.7 Å². The molecular weight excluding hydrogens is 315 g/mol. The van der Waals surface area contributed by atoms with Gasteiger partial charge in [-0.05, 0) is 44.5 Å². The molecule has 1 atom stereocenters. The lowest BCUT2D eigenvalue weighted by molar-refractivity contribution is -0.129. The summed E-state index contributed by atoms with van der Waals surface area (Å²) in [5.74, 6) is -1.26. The van der Waals surface area contributed by atoms with Crippen molar-refractivity contribution in [3.63, 3.8) is 0 Å². The summed E-state index contributed by atoms with van der Waals surface area (Å²) in [5.41, 5.74) is 0.564.